The summed E-state index contributed by atoms with van der Waals surface area (Å²) in [5, 5.41) is 0.946. The van der Waals surface area contributed by atoms with E-state index in [1.54, 1.807) is 18.1 Å². The molecular weight excluding hydrogens is 419 g/mol. The van der Waals surface area contributed by atoms with Gasteiger partial charge in [-0.15, -0.1) is 0 Å². The predicted octanol–water partition coefficient (Wildman–Crippen LogP) is 6.34. The van der Waals surface area contributed by atoms with Crippen LogP contribution in [0.5, 0.6) is 11.5 Å². The number of aromatic nitrogens is 1. The number of fused-ring (bicyclic) bond motifs is 1. The molecule has 0 fully saturated rings. The number of rotatable bonds is 7. The van der Waals surface area contributed by atoms with Crippen LogP contribution in [0, 0.1) is 5.82 Å². The fourth-order valence-corrected chi connectivity index (χ4v) is 4.00. The van der Waals surface area contributed by atoms with Crippen molar-refractivity contribution in [2.45, 2.75) is 20.4 Å². The van der Waals surface area contributed by atoms with Crippen LogP contribution in [0.25, 0.3) is 22.0 Å². The second-order valence-corrected chi connectivity index (χ2v) is 7.71. The zero-order chi connectivity index (χ0) is 23.4. The topological polar surface area (TPSA) is 43.7 Å². The number of nitrogens with zero attached hydrogens (tertiary/aromatic N) is 2. The van der Waals surface area contributed by atoms with E-state index in [2.05, 4.69) is 4.57 Å². The first-order chi connectivity index (χ1) is 16.0. The molecule has 0 atom stereocenters. The highest BCUT2D eigenvalue weighted by molar-refractivity contribution is 5.99. The molecule has 1 aromatic heterocycles. The van der Waals surface area contributed by atoms with Crippen molar-refractivity contribution in [2.24, 2.45) is 0 Å². The Kier molecular flexibility index (Phi) is 6.63. The van der Waals surface area contributed by atoms with Gasteiger partial charge in [0.1, 0.15) is 17.3 Å². The summed E-state index contributed by atoms with van der Waals surface area (Å²) in [6, 6.07) is 20.0. The Morgan fingerprint density at radius 1 is 1.00 bits per heavy atom. The van der Waals surface area contributed by atoms with Crippen molar-refractivity contribution < 1.29 is 18.7 Å². The minimum Gasteiger partial charge on any atom is -0.497 e. The molecule has 170 valence electrons. The first-order valence-electron chi connectivity index (χ1n) is 11.0. The summed E-state index contributed by atoms with van der Waals surface area (Å²) in [6.07, 6.45) is 1.59. The minimum absolute atomic E-state index is 0.256. The van der Waals surface area contributed by atoms with Gasteiger partial charge < -0.3 is 18.9 Å². The third-order valence-electron chi connectivity index (χ3n) is 5.75. The van der Waals surface area contributed by atoms with Gasteiger partial charge in [-0.3, -0.25) is 0 Å². The largest absolute Gasteiger partial charge is 0.497 e. The number of hydrogen-bond acceptors (Lipinski definition) is 3. The average molecular weight is 447 g/mol. The first-order valence-corrected chi connectivity index (χ1v) is 11.0. The third kappa shape index (κ3) is 4.70. The lowest BCUT2D eigenvalue weighted by atomic mass is 10.0. The van der Waals surface area contributed by atoms with E-state index in [9.17, 15) is 9.18 Å². The molecule has 0 unspecified atom stereocenters. The van der Waals surface area contributed by atoms with Crippen LogP contribution in [0.1, 0.15) is 19.4 Å². The van der Waals surface area contributed by atoms with E-state index < -0.39 is 0 Å². The van der Waals surface area contributed by atoms with Gasteiger partial charge in [-0.25, -0.2) is 9.18 Å². The first kappa shape index (κ1) is 22.4. The Hall–Kier alpha value is -3.80. The van der Waals surface area contributed by atoms with Gasteiger partial charge in [-0.2, -0.15) is 0 Å². The Morgan fingerprint density at radius 2 is 1.76 bits per heavy atom. The summed E-state index contributed by atoms with van der Waals surface area (Å²) in [5.41, 5.74) is 3.57. The van der Waals surface area contributed by atoms with Crippen LogP contribution >= 0.6 is 0 Å². The highest BCUT2D eigenvalue weighted by Crippen LogP contribution is 2.39. The second-order valence-electron chi connectivity index (χ2n) is 7.71. The zero-order valence-corrected chi connectivity index (χ0v) is 19.0. The van der Waals surface area contributed by atoms with Crippen molar-refractivity contribution in [3.63, 3.8) is 0 Å². The molecule has 1 amide bonds. The Balaban J connectivity index is 1.80. The van der Waals surface area contributed by atoms with Gasteiger partial charge in [-0.1, -0.05) is 24.3 Å². The molecule has 4 rings (SSSR count). The predicted molar refractivity (Wildman–Crippen MR) is 128 cm³/mol. The molecule has 0 spiro atoms. The molecule has 0 aliphatic rings. The Labute approximate surface area is 193 Å². The molecule has 0 bridgehead atoms. The Bertz CT molecular complexity index is 1260. The van der Waals surface area contributed by atoms with Crippen molar-refractivity contribution >= 4 is 17.0 Å². The quantitative estimate of drug-likeness (QED) is 0.332. The maximum atomic E-state index is 13.7. The molecule has 0 radical (unpaired) electrons. The number of carbonyl (C=O) groups excluding carboxylic acids is 1. The van der Waals surface area contributed by atoms with Gasteiger partial charge in [0.25, 0.3) is 0 Å². The summed E-state index contributed by atoms with van der Waals surface area (Å²) in [7, 11) is 1.62. The number of ether oxygens (including phenoxy) is 2. The van der Waals surface area contributed by atoms with Gasteiger partial charge in [0.15, 0.2) is 0 Å². The second kappa shape index (κ2) is 9.77. The lowest BCUT2D eigenvalue weighted by Gasteiger charge is -2.20. The van der Waals surface area contributed by atoms with Crippen LogP contribution in [-0.2, 0) is 6.54 Å². The highest BCUT2D eigenvalue weighted by Gasteiger charge is 2.19. The van der Waals surface area contributed by atoms with Crippen molar-refractivity contribution in [2.75, 3.05) is 20.2 Å². The molecular formula is C27H27FN2O3. The number of carbonyl (C=O) groups is 1. The lowest BCUT2D eigenvalue weighted by Crippen LogP contribution is -2.33. The van der Waals surface area contributed by atoms with Crippen molar-refractivity contribution in [3.05, 3.63) is 84.3 Å². The molecule has 4 aromatic rings. The summed E-state index contributed by atoms with van der Waals surface area (Å²) in [6.45, 7) is 5.51. The molecule has 1 heterocycles. The lowest BCUT2D eigenvalue weighted by molar-refractivity contribution is 0.157. The van der Waals surface area contributed by atoms with E-state index in [1.165, 1.54) is 12.1 Å². The van der Waals surface area contributed by atoms with Gasteiger partial charge in [0.05, 0.1) is 7.11 Å². The fraction of sp³-hybridized carbons (Fsp3) is 0.222. The molecule has 0 aliphatic carbocycles. The Morgan fingerprint density at radius 3 is 2.42 bits per heavy atom. The van der Waals surface area contributed by atoms with E-state index in [0.717, 1.165) is 33.3 Å². The van der Waals surface area contributed by atoms with Crippen LogP contribution in [0.3, 0.4) is 0 Å². The standard InChI is InChI=1S/C27H27FN2O3/c1-4-29(5-2)27(31)33-25-14-13-24-23(26(25)20-9-11-22(32-3)12-10-20)15-16-30(24)18-19-7-6-8-21(28)17-19/h6-17H,4-5,18H2,1-3H3. The number of amides is 1. The number of methoxy groups -OCH3 is 1. The van der Waals surface area contributed by atoms with Crippen molar-refractivity contribution in [3.8, 4) is 22.6 Å². The van der Waals surface area contributed by atoms with Gasteiger partial charge in [0, 0.05) is 42.3 Å². The molecule has 6 heteroatoms. The zero-order valence-electron chi connectivity index (χ0n) is 19.0. The summed E-state index contributed by atoms with van der Waals surface area (Å²) < 4.78 is 26.9. The van der Waals surface area contributed by atoms with E-state index in [0.29, 0.717) is 25.4 Å². The van der Waals surface area contributed by atoms with Crippen molar-refractivity contribution in [1.82, 2.24) is 9.47 Å². The molecule has 5 nitrogen and oxygen atoms in total. The monoisotopic (exact) mass is 446 g/mol. The highest BCUT2D eigenvalue weighted by atomic mass is 19.1. The fourth-order valence-electron chi connectivity index (χ4n) is 4.00. The number of hydrogen-bond donors (Lipinski definition) is 0. The van der Waals surface area contributed by atoms with Gasteiger partial charge >= 0.3 is 6.09 Å². The number of benzene rings is 3. The third-order valence-corrected chi connectivity index (χ3v) is 5.75. The SMILES string of the molecule is CCN(CC)C(=O)Oc1ccc2c(ccn2Cc2cccc(F)c2)c1-c1ccc(OC)cc1. The van der Waals surface area contributed by atoms with E-state index in [1.807, 2.05) is 68.6 Å². The molecule has 0 saturated heterocycles. The van der Waals surface area contributed by atoms with E-state index >= 15 is 0 Å². The molecule has 33 heavy (non-hydrogen) atoms. The maximum absolute atomic E-state index is 13.7. The summed E-state index contributed by atoms with van der Waals surface area (Å²) in [5.74, 6) is 0.984. The van der Waals surface area contributed by atoms with E-state index in [4.69, 9.17) is 9.47 Å². The van der Waals surface area contributed by atoms with Crippen molar-refractivity contribution in [1.29, 1.82) is 0 Å². The van der Waals surface area contributed by atoms with Crippen LogP contribution in [0.4, 0.5) is 9.18 Å². The molecule has 0 saturated carbocycles. The number of halogens is 1. The van der Waals surface area contributed by atoms with Crippen LogP contribution in [0.15, 0.2) is 72.9 Å². The van der Waals surface area contributed by atoms with Crippen LogP contribution < -0.4 is 9.47 Å². The van der Waals surface area contributed by atoms with Gasteiger partial charge in [0.2, 0.25) is 0 Å². The maximum Gasteiger partial charge on any atom is 0.415 e. The minimum atomic E-state index is -0.381. The van der Waals surface area contributed by atoms with E-state index in [-0.39, 0.29) is 11.9 Å². The summed E-state index contributed by atoms with van der Waals surface area (Å²) in [4.78, 5) is 14.4. The molecule has 0 N–H and O–H groups in total. The molecule has 0 aliphatic heterocycles. The van der Waals surface area contributed by atoms with Gasteiger partial charge in [-0.05, 0) is 67.4 Å². The normalized spacial score (nSPS) is 10.9. The summed E-state index contributed by atoms with van der Waals surface area (Å²) >= 11 is 0. The van der Waals surface area contributed by atoms with Crippen LogP contribution in [-0.4, -0.2) is 35.8 Å². The van der Waals surface area contributed by atoms with Crippen LogP contribution in [0.2, 0.25) is 0 Å². The molecule has 3 aromatic carbocycles. The smallest absolute Gasteiger partial charge is 0.415 e. The average Bonchev–Trinajstić information content (AvgIpc) is 3.22.